The number of benzene rings is 3. The normalized spacial score (nSPS) is 11.6. The number of halogens is 3. The first-order valence-corrected chi connectivity index (χ1v) is 13.4. The molecule has 3 rings (SSSR count). The third kappa shape index (κ3) is 8.54. The number of hydrogen-bond donors (Lipinski definition) is 1. The number of amides is 2. The molecule has 0 bridgehead atoms. The van der Waals surface area contributed by atoms with Gasteiger partial charge in [0.25, 0.3) is 5.91 Å². The van der Waals surface area contributed by atoms with E-state index < -0.39 is 6.04 Å². The molecule has 0 aromatic heterocycles. The molecule has 0 fully saturated rings. The van der Waals surface area contributed by atoms with Gasteiger partial charge in [-0.05, 0) is 47.9 Å². The average molecular weight is 592 g/mol. The fraction of sp³-hybridized carbons (Fsp3) is 0.286. The van der Waals surface area contributed by atoms with E-state index >= 15 is 0 Å². The molecule has 0 heterocycles. The molecule has 0 aliphatic carbocycles. The Morgan fingerprint density at radius 2 is 1.72 bits per heavy atom. The highest BCUT2D eigenvalue weighted by Gasteiger charge is 2.30. The number of nitrogens with one attached hydrogen (secondary N) is 1. The summed E-state index contributed by atoms with van der Waals surface area (Å²) in [5.41, 5.74) is 1.86. The monoisotopic (exact) mass is 590 g/mol. The highest BCUT2D eigenvalue weighted by atomic mass is 79.9. The minimum absolute atomic E-state index is 0.192. The van der Waals surface area contributed by atoms with E-state index in [1.807, 2.05) is 54.6 Å². The van der Waals surface area contributed by atoms with Gasteiger partial charge in [-0.3, -0.25) is 9.59 Å². The molecule has 2 amide bonds. The lowest BCUT2D eigenvalue weighted by Crippen LogP contribution is -2.51. The molecule has 0 saturated heterocycles. The Balaban J connectivity index is 1.88. The van der Waals surface area contributed by atoms with Gasteiger partial charge < -0.3 is 15.0 Å². The molecular formula is C28H29BrCl2N2O3. The summed E-state index contributed by atoms with van der Waals surface area (Å²) in [6.45, 7) is 2.60. The molecule has 1 atom stereocenters. The average Bonchev–Trinajstić information content (AvgIpc) is 2.87. The van der Waals surface area contributed by atoms with Gasteiger partial charge in [-0.25, -0.2) is 0 Å². The summed E-state index contributed by atoms with van der Waals surface area (Å²) in [7, 11) is 0. The van der Waals surface area contributed by atoms with E-state index in [-0.39, 0.29) is 25.0 Å². The second-order valence-electron chi connectivity index (χ2n) is 8.36. The van der Waals surface area contributed by atoms with Gasteiger partial charge in [0.15, 0.2) is 6.61 Å². The summed E-state index contributed by atoms with van der Waals surface area (Å²) < 4.78 is 6.68. The van der Waals surface area contributed by atoms with E-state index in [9.17, 15) is 9.59 Å². The van der Waals surface area contributed by atoms with Crippen molar-refractivity contribution in [3.8, 4) is 5.75 Å². The fourth-order valence-electron chi connectivity index (χ4n) is 3.66. The van der Waals surface area contributed by atoms with Crippen LogP contribution in [0.1, 0.15) is 30.9 Å². The molecule has 190 valence electrons. The van der Waals surface area contributed by atoms with Crippen molar-refractivity contribution in [1.29, 1.82) is 0 Å². The molecule has 3 aromatic rings. The quantitative estimate of drug-likeness (QED) is 0.239. The summed E-state index contributed by atoms with van der Waals surface area (Å²) in [4.78, 5) is 28.5. The van der Waals surface area contributed by atoms with Gasteiger partial charge in [-0.1, -0.05) is 94.9 Å². The van der Waals surface area contributed by atoms with E-state index in [2.05, 4.69) is 28.2 Å². The van der Waals surface area contributed by atoms with Crippen molar-refractivity contribution in [3.05, 3.63) is 98.4 Å². The summed E-state index contributed by atoms with van der Waals surface area (Å²) in [6.07, 6.45) is 2.20. The van der Waals surface area contributed by atoms with Crippen molar-refractivity contribution in [2.75, 3.05) is 13.2 Å². The standard InChI is InChI=1S/C28H29BrCl2N2O3/c1-2-3-15-32-28(35)25(16-20-7-5-4-6-8-20)33(18-21-9-11-22(29)12-10-21)27(34)19-36-26-14-13-23(30)17-24(26)31/h4-14,17,25H,2-3,15-16,18-19H2,1H3,(H,32,35)/t25-/m0/s1. The molecule has 5 nitrogen and oxygen atoms in total. The number of rotatable bonds is 12. The molecule has 0 aliphatic heterocycles. The van der Waals surface area contributed by atoms with E-state index in [1.54, 1.807) is 23.1 Å². The van der Waals surface area contributed by atoms with Crippen LogP contribution in [-0.4, -0.2) is 35.9 Å². The Labute approximate surface area is 230 Å². The topological polar surface area (TPSA) is 58.6 Å². The van der Waals surface area contributed by atoms with Gasteiger partial charge in [-0.15, -0.1) is 0 Å². The van der Waals surface area contributed by atoms with Crippen LogP contribution < -0.4 is 10.1 Å². The van der Waals surface area contributed by atoms with Crippen LogP contribution in [0.15, 0.2) is 77.3 Å². The predicted octanol–water partition coefficient (Wildman–Crippen LogP) is 6.69. The molecule has 0 unspecified atom stereocenters. The van der Waals surface area contributed by atoms with E-state index in [0.29, 0.717) is 28.8 Å². The Morgan fingerprint density at radius 3 is 2.39 bits per heavy atom. The van der Waals surface area contributed by atoms with Crippen molar-refractivity contribution in [1.82, 2.24) is 10.2 Å². The molecule has 0 saturated carbocycles. The zero-order valence-corrected chi connectivity index (χ0v) is 23.2. The van der Waals surface area contributed by atoms with Crippen LogP contribution in [-0.2, 0) is 22.6 Å². The zero-order valence-electron chi connectivity index (χ0n) is 20.1. The number of ether oxygens (including phenoxy) is 1. The molecular weight excluding hydrogens is 563 g/mol. The Bertz CT molecular complexity index is 1140. The molecule has 8 heteroatoms. The highest BCUT2D eigenvalue weighted by Crippen LogP contribution is 2.27. The first-order valence-electron chi connectivity index (χ1n) is 11.8. The van der Waals surface area contributed by atoms with Crippen LogP contribution in [0.2, 0.25) is 10.0 Å². The zero-order chi connectivity index (χ0) is 25.9. The number of nitrogens with zero attached hydrogens (tertiary/aromatic N) is 1. The molecule has 3 aromatic carbocycles. The van der Waals surface area contributed by atoms with Gasteiger partial charge in [-0.2, -0.15) is 0 Å². The lowest BCUT2D eigenvalue weighted by molar-refractivity contribution is -0.142. The lowest BCUT2D eigenvalue weighted by Gasteiger charge is -2.31. The molecule has 0 aliphatic rings. The second-order valence-corrected chi connectivity index (χ2v) is 10.1. The van der Waals surface area contributed by atoms with Crippen LogP contribution in [0.3, 0.4) is 0 Å². The minimum Gasteiger partial charge on any atom is -0.482 e. The Kier molecular flexibility index (Phi) is 11.1. The van der Waals surface area contributed by atoms with Crippen LogP contribution in [0.4, 0.5) is 0 Å². The predicted molar refractivity (Wildman–Crippen MR) is 149 cm³/mol. The lowest BCUT2D eigenvalue weighted by atomic mass is 10.0. The molecule has 1 N–H and O–H groups in total. The third-order valence-electron chi connectivity index (χ3n) is 5.61. The van der Waals surface area contributed by atoms with Crippen LogP contribution in [0.5, 0.6) is 5.75 Å². The second kappa shape index (κ2) is 14.3. The molecule has 36 heavy (non-hydrogen) atoms. The summed E-state index contributed by atoms with van der Waals surface area (Å²) in [5.74, 6) is -0.164. The summed E-state index contributed by atoms with van der Waals surface area (Å²) >= 11 is 15.6. The van der Waals surface area contributed by atoms with E-state index in [4.69, 9.17) is 27.9 Å². The maximum Gasteiger partial charge on any atom is 0.261 e. The van der Waals surface area contributed by atoms with Crippen molar-refractivity contribution < 1.29 is 14.3 Å². The van der Waals surface area contributed by atoms with Crippen LogP contribution in [0.25, 0.3) is 0 Å². The van der Waals surface area contributed by atoms with Crippen molar-refractivity contribution in [2.24, 2.45) is 0 Å². The molecule has 0 spiro atoms. The Morgan fingerprint density at radius 1 is 1.00 bits per heavy atom. The number of unbranched alkanes of at least 4 members (excludes halogenated alkanes) is 1. The maximum absolute atomic E-state index is 13.6. The fourth-order valence-corrected chi connectivity index (χ4v) is 4.39. The van der Waals surface area contributed by atoms with Crippen molar-refractivity contribution >= 4 is 50.9 Å². The largest absolute Gasteiger partial charge is 0.482 e. The highest BCUT2D eigenvalue weighted by molar-refractivity contribution is 9.10. The van der Waals surface area contributed by atoms with Crippen LogP contribution in [0, 0.1) is 0 Å². The van der Waals surface area contributed by atoms with E-state index in [0.717, 1.165) is 28.4 Å². The minimum atomic E-state index is -0.718. The van der Waals surface area contributed by atoms with Gasteiger partial charge >= 0.3 is 0 Å². The van der Waals surface area contributed by atoms with Gasteiger partial charge in [0.2, 0.25) is 5.91 Å². The van der Waals surface area contributed by atoms with Crippen molar-refractivity contribution in [3.63, 3.8) is 0 Å². The van der Waals surface area contributed by atoms with E-state index in [1.165, 1.54) is 0 Å². The number of carbonyl (C=O) groups excluding carboxylic acids is 2. The summed E-state index contributed by atoms with van der Waals surface area (Å²) in [6, 6.07) is 21.5. The smallest absolute Gasteiger partial charge is 0.261 e. The SMILES string of the molecule is CCCCNC(=O)[C@H](Cc1ccccc1)N(Cc1ccc(Br)cc1)C(=O)COc1ccc(Cl)cc1Cl. The van der Waals surface area contributed by atoms with Gasteiger partial charge in [0.05, 0.1) is 5.02 Å². The first kappa shape index (κ1) is 28.0. The van der Waals surface area contributed by atoms with Gasteiger partial charge in [0.1, 0.15) is 11.8 Å². The van der Waals surface area contributed by atoms with Gasteiger partial charge in [0, 0.05) is 29.0 Å². The maximum atomic E-state index is 13.6. The van der Waals surface area contributed by atoms with Crippen LogP contribution >= 0.6 is 39.1 Å². The summed E-state index contributed by atoms with van der Waals surface area (Å²) in [5, 5.41) is 3.79. The van der Waals surface area contributed by atoms with Crippen molar-refractivity contribution in [2.45, 2.75) is 38.8 Å². The number of hydrogen-bond acceptors (Lipinski definition) is 3. The third-order valence-corrected chi connectivity index (χ3v) is 6.67. The number of carbonyl (C=O) groups is 2. The first-order chi connectivity index (χ1) is 17.4. The molecule has 0 radical (unpaired) electrons. The Hall–Kier alpha value is -2.54.